The second-order valence-corrected chi connectivity index (χ2v) is 7.18. The maximum Gasteiger partial charge on any atom is 0.173 e. The van der Waals surface area contributed by atoms with Gasteiger partial charge in [0.1, 0.15) is 4.60 Å². The van der Waals surface area contributed by atoms with Gasteiger partial charge in [-0.15, -0.1) is 0 Å². The second kappa shape index (κ2) is 7.07. The third-order valence-corrected chi connectivity index (χ3v) is 5.00. The van der Waals surface area contributed by atoms with Crippen molar-refractivity contribution < 1.29 is 0 Å². The molecular formula is C18H20BrN5. The highest BCUT2D eigenvalue weighted by molar-refractivity contribution is 9.10. The van der Waals surface area contributed by atoms with E-state index in [9.17, 15) is 0 Å². The highest BCUT2D eigenvalue weighted by atomic mass is 79.9. The number of aliphatic imine (C=N–C) groups is 1. The van der Waals surface area contributed by atoms with Crippen molar-refractivity contribution in [1.82, 2.24) is 19.9 Å². The number of hydrogen-bond acceptors (Lipinski definition) is 5. The maximum atomic E-state index is 4.80. The van der Waals surface area contributed by atoms with Crippen molar-refractivity contribution in [1.29, 1.82) is 0 Å². The first kappa shape index (κ1) is 15.8. The molecule has 6 heteroatoms. The monoisotopic (exact) mass is 385 g/mol. The Morgan fingerprint density at radius 3 is 2.92 bits per heavy atom. The zero-order valence-electron chi connectivity index (χ0n) is 13.6. The number of fused-ring (bicyclic) bond motifs is 1. The summed E-state index contributed by atoms with van der Waals surface area (Å²) < 4.78 is 0.888. The molecule has 0 fully saturated rings. The van der Waals surface area contributed by atoms with Crippen molar-refractivity contribution >= 4 is 21.6 Å². The van der Waals surface area contributed by atoms with Crippen LogP contribution in [0.2, 0.25) is 0 Å². The van der Waals surface area contributed by atoms with Gasteiger partial charge >= 0.3 is 0 Å². The summed E-state index contributed by atoms with van der Waals surface area (Å²) in [6.07, 6.45) is 6.36. The lowest BCUT2D eigenvalue weighted by Gasteiger charge is -2.27. The van der Waals surface area contributed by atoms with E-state index in [-0.39, 0.29) is 0 Å². The van der Waals surface area contributed by atoms with Crippen molar-refractivity contribution in [3.8, 4) is 0 Å². The predicted molar refractivity (Wildman–Crippen MR) is 97.0 cm³/mol. The third kappa shape index (κ3) is 3.54. The van der Waals surface area contributed by atoms with Gasteiger partial charge < -0.3 is 0 Å². The summed E-state index contributed by atoms with van der Waals surface area (Å²) in [6, 6.07) is 6.06. The van der Waals surface area contributed by atoms with Gasteiger partial charge in [0.15, 0.2) is 5.82 Å². The van der Waals surface area contributed by atoms with Crippen LogP contribution in [0.15, 0.2) is 34.0 Å². The van der Waals surface area contributed by atoms with E-state index in [4.69, 9.17) is 4.98 Å². The molecule has 0 aromatic carbocycles. The molecule has 2 aliphatic rings. The van der Waals surface area contributed by atoms with E-state index >= 15 is 0 Å². The Balaban J connectivity index is 1.48. The molecule has 24 heavy (non-hydrogen) atoms. The smallest absolute Gasteiger partial charge is 0.173 e. The van der Waals surface area contributed by atoms with Crippen LogP contribution in [-0.2, 0) is 19.5 Å². The fourth-order valence-corrected chi connectivity index (χ4v) is 3.68. The number of nitrogens with zero attached hydrogens (tertiary/aromatic N) is 5. The Kier molecular flexibility index (Phi) is 4.67. The van der Waals surface area contributed by atoms with Crippen LogP contribution in [0.4, 0.5) is 0 Å². The zero-order chi connectivity index (χ0) is 16.4. The molecule has 0 amide bonds. The van der Waals surface area contributed by atoms with Crippen LogP contribution in [0.25, 0.3) is 0 Å². The Bertz CT molecular complexity index is 774. The normalized spacial score (nSPS) is 18.1. The van der Waals surface area contributed by atoms with Gasteiger partial charge in [0.25, 0.3) is 0 Å². The number of halogens is 1. The molecule has 2 aromatic rings. The number of pyridine rings is 1. The van der Waals surface area contributed by atoms with Crippen molar-refractivity contribution in [2.24, 2.45) is 4.99 Å². The molecule has 2 aromatic heterocycles. The number of hydrogen-bond donors (Lipinski definition) is 0. The van der Waals surface area contributed by atoms with Crippen LogP contribution in [0.1, 0.15) is 42.0 Å². The van der Waals surface area contributed by atoms with Crippen molar-refractivity contribution in [2.45, 2.75) is 38.8 Å². The summed E-state index contributed by atoms with van der Waals surface area (Å²) in [5.41, 5.74) is 4.59. The average molecular weight is 386 g/mol. The van der Waals surface area contributed by atoms with Gasteiger partial charge in [-0.2, -0.15) is 0 Å². The van der Waals surface area contributed by atoms with Crippen LogP contribution >= 0.6 is 15.9 Å². The Hall–Kier alpha value is -1.66. The van der Waals surface area contributed by atoms with E-state index in [1.54, 1.807) is 0 Å². The van der Waals surface area contributed by atoms with Gasteiger partial charge in [-0.3, -0.25) is 9.89 Å². The molecule has 5 nitrogen and oxygen atoms in total. The molecule has 0 aliphatic carbocycles. The first-order chi connectivity index (χ1) is 11.8. The van der Waals surface area contributed by atoms with Crippen LogP contribution in [0.3, 0.4) is 0 Å². The lowest BCUT2D eigenvalue weighted by atomic mass is 10.1. The predicted octanol–water partition coefficient (Wildman–Crippen LogP) is 3.17. The van der Waals surface area contributed by atoms with Crippen LogP contribution < -0.4 is 0 Å². The fourth-order valence-electron chi connectivity index (χ4n) is 3.30. The lowest BCUT2D eigenvalue weighted by Crippen LogP contribution is -2.31. The Morgan fingerprint density at radius 2 is 2.08 bits per heavy atom. The highest BCUT2D eigenvalue weighted by Gasteiger charge is 2.20. The van der Waals surface area contributed by atoms with Gasteiger partial charge in [0, 0.05) is 44.4 Å². The molecule has 124 valence electrons. The minimum absolute atomic E-state index is 0.843. The van der Waals surface area contributed by atoms with E-state index in [1.807, 2.05) is 18.3 Å². The van der Waals surface area contributed by atoms with Crippen molar-refractivity contribution in [3.05, 3.63) is 51.8 Å². The van der Waals surface area contributed by atoms with Crippen molar-refractivity contribution in [2.75, 3.05) is 13.1 Å². The average Bonchev–Trinajstić information content (AvgIpc) is 2.62. The first-order valence-electron chi connectivity index (χ1n) is 8.50. The molecule has 0 unspecified atom stereocenters. The summed E-state index contributed by atoms with van der Waals surface area (Å²) >= 11 is 3.44. The standard InChI is InChI=1S/C18H20BrN5/c19-17-6-3-4-14(22-17)12-24-9-7-15-13(11-24)10-21-18(23-15)16-5-1-2-8-20-16/h3-4,6,10H,1-2,5,7-9,11-12H2. The molecule has 0 spiro atoms. The fraction of sp³-hybridized carbons (Fsp3) is 0.444. The third-order valence-electron chi connectivity index (χ3n) is 4.55. The Labute approximate surface area is 150 Å². The van der Waals surface area contributed by atoms with Crippen LogP contribution in [-0.4, -0.2) is 38.7 Å². The molecule has 0 atom stereocenters. The molecule has 0 radical (unpaired) electrons. The molecule has 0 N–H and O–H groups in total. The summed E-state index contributed by atoms with van der Waals surface area (Å²) in [5, 5.41) is 0. The van der Waals surface area contributed by atoms with Crippen LogP contribution in [0.5, 0.6) is 0 Å². The second-order valence-electron chi connectivity index (χ2n) is 6.36. The van der Waals surface area contributed by atoms with Gasteiger partial charge in [0.2, 0.25) is 0 Å². The van der Waals surface area contributed by atoms with E-state index < -0.39 is 0 Å². The van der Waals surface area contributed by atoms with E-state index in [1.165, 1.54) is 24.1 Å². The van der Waals surface area contributed by atoms with Gasteiger partial charge in [-0.05, 0) is 47.3 Å². The Morgan fingerprint density at radius 1 is 1.12 bits per heavy atom. The number of rotatable bonds is 3. The SMILES string of the molecule is Brc1cccc(CN2CCc3nc(C4=NCCCC4)ncc3C2)n1. The highest BCUT2D eigenvalue weighted by Crippen LogP contribution is 2.20. The summed E-state index contributed by atoms with van der Waals surface area (Å²) in [4.78, 5) is 20.9. The van der Waals surface area contributed by atoms with Crippen LogP contribution in [0, 0.1) is 0 Å². The summed E-state index contributed by atoms with van der Waals surface area (Å²) in [6.45, 7) is 3.66. The van der Waals surface area contributed by atoms with Crippen molar-refractivity contribution in [3.63, 3.8) is 0 Å². The van der Waals surface area contributed by atoms with Gasteiger partial charge in [0.05, 0.1) is 17.1 Å². The maximum absolute atomic E-state index is 4.80. The minimum Gasteiger partial charge on any atom is -0.293 e. The minimum atomic E-state index is 0.843. The zero-order valence-corrected chi connectivity index (χ0v) is 15.2. The van der Waals surface area contributed by atoms with E-state index in [0.717, 1.165) is 60.9 Å². The van der Waals surface area contributed by atoms with Gasteiger partial charge in [-0.1, -0.05) is 6.07 Å². The molecule has 0 saturated heterocycles. The quantitative estimate of drug-likeness (QED) is 0.761. The van der Waals surface area contributed by atoms with Gasteiger partial charge in [-0.25, -0.2) is 15.0 Å². The molecule has 0 bridgehead atoms. The first-order valence-corrected chi connectivity index (χ1v) is 9.29. The lowest BCUT2D eigenvalue weighted by molar-refractivity contribution is 0.240. The van der Waals surface area contributed by atoms with E-state index in [0.29, 0.717) is 0 Å². The summed E-state index contributed by atoms with van der Waals surface area (Å²) in [7, 11) is 0. The number of aromatic nitrogens is 3. The molecule has 0 saturated carbocycles. The molecule has 4 heterocycles. The molecule has 4 rings (SSSR count). The largest absolute Gasteiger partial charge is 0.293 e. The topological polar surface area (TPSA) is 54.3 Å². The van der Waals surface area contributed by atoms with E-state index in [2.05, 4.69) is 41.9 Å². The summed E-state index contributed by atoms with van der Waals surface area (Å²) in [5.74, 6) is 0.843. The molecular weight excluding hydrogens is 366 g/mol. The molecule has 2 aliphatic heterocycles.